The van der Waals surface area contributed by atoms with Crippen molar-refractivity contribution in [3.8, 4) is 0 Å². The zero-order valence-corrected chi connectivity index (χ0v) is 27.8. The number of carbonyl (C=O) groups excluding carboxylic acids is 1. The molecule has 30 heavy (non-hydrogen) atoms. The minimum atomic E-state index is -1.21. The predicted molar refractivity (Wildman–Crippen MR) is 129 cm³/mol. The Kier molecular flexibility index (Phi) is 8.81. The fourth-order valence-electron chi connectivity index (χ4n) is 7.54. The van der Waals surface area contributed by atoms with Crippen LogP contribution in [0.25, 0.3) is 0 Å². The van der Waals surface area contributed by atoms with E-state index < -0.39 is 40.0 Å². The van der Waals surface area contributed by atoms with Crippen LogP contribution in [0.5, 0.6) is 0 Å². The molecule has 0 aromatic carbocycles. The number of ketones is 1. The maximum Gasteiger partial charge on any atom is 0.146 e. The van der Waals surface area contributed by atoms with E-state index in [1.807, 2.05) is 41.5 Å². The van der Waals surface area contributed by atoms with Gasteiger partial charge in [0, 0.05) is 110 Å². The molecule has 1 heterocycles. The molecule has 5 unspecified atom stereocenters. The van der Waals surface area contributed by atoms with Gasteiger partial charge in [0.1, 0.15) is 11.4 Å². The number of aliphatic hydroxyl groups excluding tert-OH is 1. The zero-order valence-electron chi connectivity index (χ0n) is 18.7. The van der Waals surface area contributed by atoms with Gasteiger partial charge >= 0.3 is 0 Å². The normalized spacial score (nSPS) is 49.2. The quantitative estimate of drug-likeness (QED) is 0.254. The topological polar surface area (TPSA) is 87.0 Å². The number of ether oxygens (including phenoxy) is 1. The van der Waals surface area contributed by atoms with E-state index in [0.717, 1.165) is 11.1 Å². The van der Waals surface area contributed by atoms with E-state index in [4.69, 9.17) is 4.74 Å². The maximum atomic E-state index is 13.8. The number of fused-ring (bicyclic) bond motifs is 5. The molecule has 1 saturated heterocycles. The first kappa shape index (κ1) is 28.4. The SMILES string of the molecule is CC1=C2[C@@H](C)C(=O)[C@]3(C)CCC4OCC4(O)C3[C@H](C)C(O)(CC1O)C2(C)C.II.[Ac]. The van der Waals surface area contributed by atoms with E-state index in [1.165, 1.54) is 0 Å². The van der Waals surface area contributed by atoms with Crippen LogP contribution in [0.3, 0.4) is 0 Å². The van der Waals surface area contributed by atoms with Crippen molar-refractivity contribution in [2.75, 3.05) is 6.61 Å². The molecule has 8 heteroatoms. The summed E-state index contributed by atoms with van der Waals surface area (Å²) < 4.78 is 5.64. The van der Waals surface area contributed by atoms with Crippen LogP contribution in [0.2, 0.25) is 0 Å². The second-order valence-corrected chi connectivity index (χ2v) is 10.5. The van der Waals surface area contributed by atoms with Gasteiger partial charge in [0.25, 0.3) is 0 Å². The number of halogens is 2. The van der Waals surface area contributed by atoms with Crippen molar-refractivity contribution in [2.24, 2.45) is 28.6 Å². The summed E-state index contributed by atoms with van der Waals surface area (Å²) in [5, 5.41) is 34.3. The van der Waals surface area contributed by atoms with E-state index in [1.54, 1.807) is 0 Å². The molecule has 169 valence electrons. The van der Waals surface area contributed by atoms with Crippen LogP contribution in [0.4, 0.5) is 0 Å². The Morgan fingerprint density at radius 1 is 1.13 bits per heavy atom. The minimum absolute atomic E-state index is 0. The summed E-state index contributed by atoms with van der Waals surface area (Å²) in [6, 6.07) is 0. The third-order valence-corrected chi connectivity index (χ3v) is 9.05. The largest absolute Gasteiger partial charge is 0.389 e. The van der Waals surface area contributed by atoms with Gasteiger partial charge in [-0.05, 0) is 36.8 Å². The predicted octanol–water partition coefficient (Wildman–Crippen LogP) is 4.00. The second kappa shape index (κ2) is 9.31. The molecule has 0 aromatic heterocycles. The first-order chi connectivity index (χ1) is 13.3. The maximum absolute atomic E-state index is 13.8. The van der Waals surface area contributed by atoms with Gasteiger partial charge < -0.3 is 20.1 Å². The molecule has 3 N–H and O–H groups in total. The third-order valence-electron chi connectivity index (χ3n) is 9.05. The molecule has 0 amide bonds. The van der Waals surface area contributed by atoms with Crippen molar-refractivity contribution >= 4 is 43.0 Å². The van der Waals surface area contributed by atoms with Gasteiger partial charge in [0.05, 0.1) is 24.4 Å². The summed E-state index contributed by atoms with van der Waals surface area (Å²) in [7, 11) is 0. The van der Waals surface area contributed by atoms with Gasteiger partial charge in [-0.15, -0.1) is 0 Å². The van der Waals surface area contributed by atoms with Crippen LogP contribution in [-0.4, -0.2) is 51.1 Å². The Hall–Kier alpha value is 2.15. The van der Waals surface area contributed by atoms with Crippen molar-refractivity contribution in [2.45, 2.75) is 84.2 Å². The molecule has 1 radical (unpaired) electrons. The smallest absolute Gasteiger partial charge is 0.146 e. The van der Waals surface area contributed by atoms with Crippen molar-refractivity contribution in [1.29, 1.82) is 0 Å². The molecule has 3 fully saturated rings. The molecule has 2 saturated carbocycles. The Morgan fingerprint density at radius 2 is 1.70 bits per heavy atom. The first-order valence-electron chi connectivity index (χ1n) is 10.5. The fraction of sp³-hybridized carbons (Fsp3) is 0.864. The Morgan fingerprint density at radius 3 is 2.20 bits per heavy atom. The summed E-state index contributed by atoms with van der Waals surface area (Å²) in [5.74, 6) is -1.04. The Balaban J connectivity index is 0.00000104. The molecule has 0 aromatic rings. The summed E-state index contributed by atoms with van der Waals surface area (Å²) in [6.45, 7) is 11.9. The summed E-state index contributed by atoms with van der Waals surface area (Å²) in [4.78, 5) is 13.8. The van der Waals surface area contributed by atoms with Crippen molar-refractivity contribution in [1.82, 2.24) is 0 Å². The summed E-state index contributed by atoms with van der Waals surface area (Å²) in [5.41, 5.74) is -1.99. The average molecular weight is 859 g/mol. The number of carbonyl (C=O) groups is 1. The van der Waals surface area contributed by atoms with Gasteiger partial charge in [-0.2, -0.15) is 0 Å². The summed E-state index contributed by atoms with van der Waals surface area (Å²) in [6.07, 6.45) is 0.510. The molecular formula is C22H34AcI2O5. The number of hydrogen-bond acceptors (Lipinski definition) is 5. The Labute approximate surface area is 239 Å². The van der Waals surface area contributed by atoms with E-state index in [0.29, 0.717) is 12.8 Å². The van der Waals surface area contributed by atoms with Crippen LogP contribution in [0, 0.1) is 72.6 Å². The minimum Gasteiger partial charge on any atom is -0.389 e. The molecule has 5 nitrogen and oxygen atoms in total. The van der Waals surface area contributed by atoms with Crippen molar-refractivity contribution in [3.63, 3.8) is 0 Å². The van der Waals surface area contributed by atoms with E-state index in [9.17, 15) is 20.1 Å². The monoisotopic (exact) mass is 859 g/mol. The van der Waals surface area contributed by atoms with Crippen LogP contribution in [0.15, 0.2) is 11.1 Å². The molecule has 3 aliphatic carbocycles. The van der Waals surface area contributed by atoms with E-state index in [-0.39, 0.29) is 74.9 Å². The third kappa shape index (κ3) is 3.62. The average Bonchev–Trinajstić information content (AvgIpc) is 2.65. The number of hydrogen-bond donors (Lipinski definition) is 3. The molecule has 2 bridgehead atoms. The molecular weight excluding hydrogens is 825 g/mol. The molecule has 4 rings (SSSR count). The van der Waals surface area contributed by atoms with E-state index >= 15 is 0 Å². The van der Waals surface area contributed by atoms with Gasteiger partial charge in [0.2, 0.25) is 0 Å². The van der Waals surface area contributed by atoms with Gasteiger partial charge in [-0.3, -0.25) is 4.79 Å². The van der Waals surface area contributed by atoms with Gasteiger partial charge in [0.15, 0.2) is 0 Å². The zero-order chi connectivity index (χ0) is 22.2. The first-order valence-corrected chi connectivity index (χ1v) is 16.7. The van der Waals surface area contributed by atoms with Crippen LogP contribution >= 0.6 is 37.2 Å². The molecule has 1 aliphatic heterocycles. The summed E-state index contributed by atoms with van der Waals surface area (Å²) >= 11 is 4.24. The molecule has 8 atom stereocenters. The van der Waals surface area contributed by atoms with Crippen molar-refractivity contribution in [3.05, 3.63) is 11.1 Å². The number of Topliss-reactive ketones (excluding diaryl/α,β-unsaturated/α-hetero) is 1. The van der Waals surface area contributed by atoms with E-state index in [2.05, 4.69) is 37.2 Å². The van der Waals surface area contributed by atoms with Crippen LogP contribution in [0.1, 0.15) is 60.8 Å². The Bertz CT molecular complexity index is 743. The molecule has 4 aliphatic rings. The van der Waals surface area contributed by atoms with Crippen LogP contribution < -0.4 is 0 Å². The van der Waals surface area contributed by atoms with Crippen LogP contribution in [-0.2, 0) is 9.53 Å². The number of aliphatic hydroxyl groups is 3. The van der Waals surface area contributed by atoms with Gasteiger partial charge in [-0.25, -0.2) is 0 Å². The van der Waals surface area contributed by atoms with Crippen molar-refractivity contribution < 1.29 is 68.9 Å². The fourth-order valence-corrected chi connectivity index (χ4v) is 7.54. The number of rotatable bonds is 0. The molecule has 0 spiro atoms. The second-order valence-electron chi connectivity index (χ2n) is 10.5. The standard InChI is InChI=1S/C22H34O5.Ac.I2/c1-11-14(23)9-22(26)13(3)17-20(6,8-7-15-21(17,25)10-27-15)18(24)12(2)16(11)19(22,4)5;;1-2/h12-15,17,23,25-26H,7-10H2,1-6H3;;/t12-,13+,14?,15?,17?,20-,21?,22?;;/m1../s1. The van der Waals surface area contributed by atoms with Gasteiger partial charge in [-0.1, -0.05) is 34.6 Å².